The van der Waals surface area contributed by atoms with Crippen molar-refractivity contribution in [3.05, 3.63) is 35.5 Å². The van der Waals surface area contributed by atoms with Crippen LogP contribution in [0.5, 0.6) is 11.5 Å². The van der Waals surface area contributed by atoms with Gasteiger partial charge in [0.15, 0.2) is 0 Å². The molecule has 1 aromatic heterocycles. The third kappa shape index (κ3) is 4.17. The first-order chi connectivity index (χ1) is 12.6. The second-order valence-electron chi connectivity index (χ2n) is 5.74. The van der Waals surface area contributed by atoms with E-state index < -0.39 is 0 Å². The van der Waals surface area contributed by atoms with Crippen LogP contribution < -0.4 is 20.1 Å². The summed E-state index contributed by atoms with van der Waals surface area (Å²) >= 11 is 6.11. The lowest BCUT2D eigenvalue weighted by molar-refractivity contribution is -0.124. The number of ether oxygens (including phenoxy) is 3. The third-order valence-electron chi connectivity index (χ3n) is 3.99. The van der Waals surface area contributed by atoms with E-state index >= 15 is 0 Å². The number of benzene rings is 1. The lowest BCUT2D eigenvalue weighted by Crippen LogP contribution is -2.27. The molecule has 138 valence electrons. The number of rotatable bonds is 6. The molecule has 1 aliphatic heterocycles. The third-order valence-corrected chi connectivity index (χ3v) is 4.29. The molecular formula is C18H20ClN3O4. The van der Waals surface area contributed by atoms with E-state index in [0.717, 1.165) is 18.5 Å². The molecular weight excluding hydrogens is 358 g/mol. The quantitative estimate of drug-likeness (QED) is 0.800. The van der Waals surface area contributed by atoms with Gasteiger partial charge in [0.05, 0.1) is 36.8 Å². The first-order valence-electron chi connectivity index (χ1n) is 8.18. The predicted octanol–water partition coefficient (Wildman–Crippen LogP) is 3.61. The molecule has 7 nitrogen and oxygen atoms in total. The summed E-state index contributed by atoms with van der Waals surface area (Å²) in [5, 5.41) is 6.41. The van der Waals surface area contributed by atoms with Crippen molar-refractivity contribution in [1.29, 1.82) is 0 Å². The number of hydrogen-bond acceptors (Lipinski definition) is 6. The normalized spacial score (nSPS) is 16.2. The highest BCUT2D eigenvalue weighted by Crippen LogP contribution is 2.37. The number of pyridine rings is 1. The summed E-state index contributed by atoms with van der Waals surface area (Å²) in [6, 6.07) is 6.94. The van der Waals surface area contributed by atoms with Crippen LogP contribution in [-0.4, -0.2) is 37.8 Å². The highest BCUT2D eigenvalue weighted by molar-refractivity contribution is 6.32. The van der Waals surface area contributed by atoms with Gasteiger partial charge in [0, 0.05) is 18.7 Å². The Labute approximate surface area is 156 Å². The van der Waals surface area contributed by atoms with Gasteiger partial charge in [-0.3, -0.25) is 4.79 Å². The molecule has 1 atom stereocenters. The maximum absolute atomic E-state index is 12.0. The van der Waals surface area contributed by atoms with Gasteiger partial charge in [0.1, 0.15) is 23.4 Å². The summed E-state index contributed by atoms with van der Waals surface area (Å²) in [6.45, 7) is 0.626. The number of nitrogens with one attached hydrogen (secondary N) is 2. The zero-order chi connectivity index (χ0) is 18.5. The van der Waals surface area contributed by atoms with E-state index in [4.69, 9.17) is 25.8 Å². The van der Waals surface area contributed by atoms with Gasteiger partial charge in [-0.1, -0.05) is 11.6 Å². The van der Waals surface area contributed by atoms with Crippen LogP contribution in [0, 0.1) is 0 Å². The molecule has 2 heterocycles. The summed E-state index contributed by atoms with van der Waals surface area (Å²) in [7, 11) is 3.11. The Morgan fingerprint density at radius 2 is 2.08 bits per heavy atom. The van der Waals surface area contributed by atoms with Crippen LogP contribution in [0.25, 0.3) is 0 Å². The van der Waals surface area contributed by atoms with Crippen molar-refractivity contribution >= 4 is 34.7 Å². The largest absolute Gasteiger partial charge is 0.495 e. The first kappa shape index (κ1) is 18.3. The number of carbonyl (C=O) groups is 1. The van der Waals surface area contributed by atoms with Crippen molar-refractivity contribution in [3.8, 4) is 11.5 Å². The summed E-state index contributed by atoms with van der Waals surface area (Å²) in [5.74, 6) is 1.41. The Kier molecular flexibility index (Phi) is 5.80. The number of amides is 1. The number of aromatic nitrogens is 1. The molecule has 2 aromatic rings. The van der Waals surface area contributed by atoms with Gasteiger partial charge in [-0.2, -0.15) is 0 Å². The average Bonchev–Trinajstić information content (AvgIpc) is 3.19. The second-order valence-corrected chi connectivity index (χ2v) is 6.14. The van der Waals surface area contributed by atoms with Crippen LogP contribution >= 0.6 is 11.6 Å². The summed E-state index contributed by atoms with van der Waals surface area (Å²) < 4.78 is 15.9. The standard InChI is InChI=1S/C18H20ClN3O4/c1-24-15-9-13(16(25-2)8-12(15)19)21-11-5-6-17(20-10-11)22-18(23)14-4-3-7-26-14/h5-6,8-10,14,21H,3-4,7H2,1-2H3,(H,20,22,23). The maximum Gasteiger partial charge on any atom is 0.254 e. The summed E-state index contributed by atoms with van der Waals surface area (Å²) in [6.07, 6.45) is 2.87. The molecule has 0 aliphatic carbocycles. The highest BCUT2D eigenvalue weighted by Gasteiger charge is 2.23. The maximum atomic E-state index is 12.0. The SMILES string of the molecule is COc1cc(Nc2ccc(NC(=O)C3CCCO3)nc2)c(OC)cc1Cl. The van der Waals surface area contributed by atoms with Crippen molar-refractivity contribution in [2.75, 3.05) is 31.5 Å². The minimum atomic E-state index is -0.389. The van der Waals surface area contributed by atoms with Crippen LogP contribution in [0.4, 0.5) is 17.2 Å². The van der Waals surface area contributed by atoms with E-state index in [-0.39, 0.29) is 12.0 Å². The molecule has 1 aliphatic rings. The lowest BCUT2D eigenvalue weighted by Gasteiger charge is -2.14. The van der Waals surface area contributed by atoms with Crippen LogP contribution in [0.15, 0.2) is 30.5 Å². The Bertz CT molecular complexity index is 777. The Morgan fingerprint density at radius 3 is 2.69 bits per heavy atom. The molecule has 26 heavy (non-hydrogen) atoms. The second kappa shape index (κ2) is 8.25. The van der Waals surface area contributed by atoms with Crippen LogP contribution in [-0.2, 0) is 9.53 Å². The monoisotopic (exact) mass is 377 g/mol. The molecule has 2 N–H and O–H groups in total. The number of anilines is 3. The van der Waals surface area contributed by atoms with E-state index in [0.29, 0.717) is 34.6 Å². The smallest absolute Gasteiger partial charge is 0.254 e. The van der Waals surface area contributed by atoms with E-state index in [9.17, 15) is 4.79 Å². The molecule has 0 bridgehead atoms. The molecule has 8 heteroatoms. The zero-order valence-corrected chi connectivity index (χ0v) is 15.3. The van der Waals surface area contributed by atoms with Gasteiger partial charge in [-0.15, -0.1) is 0 Å². The summed E-state index contributed by atoms with van der Waals surface area (Å²) in [4.78, 5) is 16.3. The van der Waals surface area contributed by atoms with Crippen LogP contribution in [0.3, 0.4) is 0 Å². The number of nitrogens with zero attached hydrogens (tertiary/aromatic N) is 1. The van der Waals surface area contributed by atoms with E-state index in [2.05, 4.69) is 15.6 Å². The average molecular weight is 378 g/mol. The van der Waals surface area contributed by atoms with Crippen LogP contribution in [0.1, 0.15) is 12.8 Å². The van der Waals surface area contributed by atoms with E-state index in [1.54, 1.807) is 44.7 Å². The molecule has 1 fully saturated rings. The molecule has 3 rings (SSSR count). The van der Waals surface area contributed by atoms with Gasteiger partial charge in [-0.05, 0) is 25.0 Å². The van der Waals surface area contributed by atoms with Gasteiger partial charge >= 0.3 is 0 Å². The van der Waals surface area contributed by atoms with E-state index in [1.165, 1.54) is 0 Å². The molecule has 1 saturated heterocycles. The minimum Gasteiger partial charge on any atom is -0.495 e. The molecule has 0 saturated carbocycles. The van der Waals surface area contributed by atoms with Crippen LogP contribution in [0.2, 0.25) is 5.02 Å². The van der Waals surface area contributed by atoms with E-state index in [1.807, 2.05) is 0 Å². The van der Waals surface area contributed by atoms with Crippen molar-refractivity contribution < 1.29 is 19.0 Å². The molecule has 1 unspecified atom stereocenters. The fraction of sp³-hybridized carbons (Fsp3) is 0.333. The van der Waals surface area contributed by atoms with Gasteiger partial charge < -0.3 is 24.8 Å². The number of methoxy groups -OCH3 is 2. The molecule has 1 aromatic carbocycles. The predicted molar refractivity (Wildman–Crippen MR) is 99.7 cm³/mol. The molecule has 1 amide bonds. The number of halogens is 1. The fourth-order valence-electron chi connectivity index (χ4n) is 2.65. The summed E-state index contributed by atoms with van der Waals surface area (Å²) in [5.41, 5.74) is 1.41. The van der Waals surface area contributed by atoms with Gasteiger partial charge in [-0.25, -0.2) is 4.98 Å². The highest BCUT2D eigenvalue weighted by atomic mass is 35.5. The van der Waals surface area contributed by atoms with Gasteiger partial charge in [0.2, 0.25) is 0 Å². The lowest BCUT2D eigenvalue weighted by atomic mass is 10.2. The number of carbonyl (C=O) groups excluding carboxylic acids is 1. The Morgan fingerprint density at radius 1 is 1.27 bits per heavy atom. The topological polar surface area (TPSA) is 81.7 Å². The first-order valence-corrected chi connectivity index (χ1v) is 8.55. The Hall–Kier alpha value is -2.51. The van der Waals surface area contributed by atoms with Crippen molar-refractivity contribution in [3.63, 3.8) is 0 Å². The van der Waals surface area contributed by atoms with Crippen molar-refractivity contribution in [1.82, 2.24) is 4.98 Å². The fourth-order valence-corrected chi connectivity index (χ4v) is 2.88. The molecule has 0 spiro atoms. The van der Waals surface area contributed by atoms with Gasteiger partial charge in [0.25, 0.3) is 5.91 Å². The zero-order valence-electron chi connectivity index (χ0n) is 14.5. The minimum absolute atomic E-state index is 0.167. The molecule has 0 radical (unpaired) electrons. The Balaban J connectivity index is 1.70. The van der Waals surface area contributed by atoms with Crippen molar-refractivity contribution in [2.24, 2.45) is 0 Å². The number of hydrogen-bond donors (Lipinski definition) is 2. The van der Waals surface area contributed by atoms with Crippen molar-refractivity contribution in [2.45, 2.75) is 18.9 Å².